The zero-order valence-corrected chi connectivity index (χ0v) is 18.1. The lowest BCUT2D eigenvalue weighted by molar-refractivity contribution is 0.250. The van der Waals surface area contributed by atoms with E-state index in [1.54, 1.807) is 22.5 Å². The molecule has 0 saturated carbocycles. The zero-order chi connectivity index (χ0) is 21.1. The van der Waals surface area contributed by atoms with E-state index in [0.29, 0.717) is 5.02 Å². The average Bonchev–Trinajstić information content (AvgIpc) is 3.26. The van der Waals surface area contributed by atoms with Gasteiger partial charge in [-0.1, -0.05) is 67.4 Å². The van der Waals surface area contributed by atoms with Gasteiger partial charge in [0.25, 0.3) is 0 Å². The maximum atomic E-state index is 14.8. The summed E-state index contributed by atoms with van der Waals surface area (Å²) in [5.41, 5.74) is 0.0151. The molecule has 0 radical (unpaired) electrons. The first-order valence-corrected chi connectivity index (χ1v) is 11.3. The van der Waals surface area contributed by atoms with Crippen molar-refractivity contribution in [2.75, 3.05) is 5.75 Å². The van der Waals surface area contributed by atoms with E-state index in [0.717, 1.165) is 41.8 Å². The molecule has 4 rings (SSSR count). The Morgan fingerprint density at radius 3 is 2.80 bits per heavy atom. The SMILES string of the molecule is CCCCCSc1ncnn1C[C@@]1(c2ccc(F)cc2F)O[C@@H]1c1ccccc1Cl. The maximum Gasteiger partial charge on any atom is 0.186 e. The van der Waals surface area contributed by atoms with Crippen LogP contribution in [0.25, 0.3) is 0 Å². The summed E-state index contributed by atoms with van der Waals surface area (Å²) in [6.07, 6.45) is 4.42. The minimum Gasteiger partial charge on any atom is -0.354 e. The van der Waals surface area contributed by atoms with Gasteiger partial charge in [0.1, 0.15) is 29.7 Å². The average molecular weight is 450 g/mol. The van der Waals surface area contributed by atoms with Crippen molar-refractivity contribution in [2.24, 2.45) is 0 Å². The summed E-state index contributed by atoms with van der Waals surface area (Å²) in [7, 11) is 0. The summed E-state index contributed by atoms with van der Waals surface area (Å²) in [4.78, 5) is 4.35. The molecule has 4 nitrogen and oxygen atoms in total. The van der Waals surface area contributed by atoms with Gasteiger partial charge in [0.15, 0.2) is 5.16 Å². The van der Waals surface area contributed by atoms with Gasteiger partial charge in [-0.3, -0.25) is 0 Å². The van der Waals surface area contributed by atoms with Crippen LogP contribution >= 0.6 is 23.4 Å². The fourth-order valence-corrected chi connectivity index (χ4v) is 4.78. The van der Waals surface area contributed by atoms with Crippen LogP contribution in [0.15, 0.2) is 53.9 Å². The Hall–Kier alpha value is -1.96. The van der Waals surface area contributed by atoms with E-state index in [9.17, 15) is 8.78 Å². The van der Waals surface area contributed by atoms with E-state index in [1.807, 2.05) is 18.2 Å². The number of benzene rings is 2. The predicted octanol–water partition coefficient (Wildman–Crippen LogP) is 6.16. The molecule has 0 bridgehead atoms. The third-order valence-corrected chi connectivity index (χ3v) is 6.62. The van der Waals surface area contributed by atoms with E-state index in [1.165, 1.54) is 18.5 Å². The van der Waals surface area contributed by atoms with E-state index in [4.69, 9.17) is 16.3 Å². The van der Waals surface area contributed by atoms with Gasteiger partial charge < -0.3 is 4.74 Å². The van der Waals surface area contributed by atoms with Gasteiger partial charge in [-0.2, -0.15) is 5.10 Å². The van der Waals surface area contributed by atoms with Crippen molar-refractivity contribution in [1.29, 1.82) is 0 Å². The summed E-state index contributed by atoms with van der Waals surface area (Å²) in [5.74, 6) is -0.352. The normalized spacial score (nSPS) is 20.5. The van der Waals surface area contributed by atoms with Crippen LogP contribution < -0.4 is 0 Å². The third kappa shape index (κ3) is 4.24. The minimum absolute atomic E-state index is 0.252. The lowest BCUT2D eigenvalue weighted by atomic mass is 9.91. The number of nitrogens with zero attached hydrogens (tertiary/aromatic N) is 3. The van der Waals surface area contributed by atoms with Gasteiger partial charge in [0.05, 0.1) is 6.54 Å². The monoisotopic (exact) mass is 449 g/mol. The molecule has 1 aromatic heterocycles. The van der Waals surface area contributed by atoms with Crippen LogP contribution in [-0.2, 0) is 16.9 Å². The summed E-state index contributed by atoms with van der Waals surface area (Å²) in [5, 5.41) is 5.63. The first-order valence-electron chi connectivity index (χ1n) is 9.93. The predicted molar refractivity (Wildman–Crippen MR) is 114 cm³/mol. The minimum atomic E-state index is -1.03. The van der Waals surface area contributed by atoms with Crippen LogP contribution in [-0.4, -0.2) is 20.5 Å². The van der Waals surface area contributed by atoms with Crippen LogP contribution in [0.2, 0.25) is 5.02 Å². The standard InChI is InChI=1S/C22H22ClF2N3OS/c1-2-3-6-11-30-21-26-14-27-28(21)13-22(17-10-9-15(24)12-19(17)25)20(29-22)16-7-4-5-8-18(16)23/h4-5,7-10,12,14,20H,2-3,6,11,13H2,1H3/t20-,22+/m1/s1. The number of aromatic nitrogens is 3. The van der Waals surface area contributed by atoms with Crippen molar-refractivity contribution >= 4 is 23.4 Å². The van der Waals surface area contributed by atoms with Crippen molar-refractivity contribution in [1.82, 2.24) is 14.8 Å². The summed E-state index contributed by atoms with van der Waals surface area (Å²) < 4.78 is 36.2. The van der Waals surface area contributed by atoms with Crippen molar-refractivity contribution < 1.29 is 13.5 Å². The molecule has 0 N–H and O–H groups in total. The molecule has 8 heteroatoms. The van der Waals surface area contributed by atoms with Gasteiger partial charge in [0.2, 0.25) is 0 Å². The highest BCUT2D eigenvalue weighted by Crippen LogP contribution is 2.59. The van der Waals surface area contributed by atoms with Crippen LogP contribution in [0.1, 0.15) is 43.4 Å². The molecule has 2 atom stereocenters. The van der Waals surface area contributed by atoms with Gasteiger partial charge in [-0.05, 0) is 18.6 Å². The number of unbranched alkanes of at least 4 members (excludes halogenated alkanes) is 2. The first kappa shape index (κ1) is 21.3. The molecule has 0 spiro atoms. The molecule has 1 aliphatic rings. The van der Waals surface area contributed by atoms with Gasteiger partial charge in [-0.25, -0.2) is 18.4 Å². The summed E-state index contributed by atoms with van der Waals surface area (Å²) in [6, 6.07) is 10.9. The molecule has 2 heterocycles. The molecular weight excluding hydrogens is 428 g/mol. The van der Waals surface area contributed by atoms with Crippen molar-refractivity contribution in [3.63, 3.8) is 0 Å². The second-order valence-corrected chi connectivity index (χ2v) is 8.76. The molecule has 3 aromatic rings. The van der Waals surface area contributed by atoms with Crippen LogP contribution in [0, 0.1) is 11.6 Å². The second-order valence-electron chi connectivity index (χ2n) is 7.29. The van der Waals surface area contributed by atoms with Gasteiger partial charge in [0, 0.05) is 28.0 Å². The highest BCUT2D eigenvalue weighted by Gasteiger charge is 2.61. The van der Waals surface area contributed by atoms with Crippen LogP contribution in [0.5, 0.6) is 0 Å². The van der Waals surface area contributed by atoms with E-state index < -0.39 is 23.3 Å². The van der Waals surface area contributed by atoms with E-state index >= 15 is 0 Å². The van der Waals surface area contributed by atoms with Crippen LogP contribution in [0.4, 0.5) is 8.78 Å². The molecule has 1 aliphatic heterocycles. The van der Waals surface area contributed by atoms with E-state index in [-0.39, 0.29) is 12.1 Å². The highest BCUT2D eigenvalue weighted by molar-refractivity contribution is 7.99. The lowest BCUT2D eigenvalue weighted by Crippen LogP contribution is -2.22. The third-order valence-electron chi connectivity index (χ3n) is 5.21. The Balaban J connectivity index is 1.65. The maximum absolute atomic E-state index is 14.8. The zero-order valence-electron chi connectivity index (χ0n) is 16.5. The first-order chi connectivity index (χ1) is 14.5. The Bertz CT molecular complexity index is 1030. The summed E-state index contributed by atoms with van der Waals surface area (Å²) in [6.45, 7) is 2.41. The van der Waals surface area contributed by atoms with Gasteiger partial charge >= 0.3 is 0 Å². The molecule has 1 saturated heterocycles. The van der Waals surface area contributed by atoms with E-state index in [2.05, 4.69) is 17.0 Å². The number of rotatable bonds is 9. The number of epoxide rings is 1. The van der Waals surface area contributed by atoms with Crippen molar-refractivity contribution in [3.05, 3.63) is 76.6 Å². The molecular formula is C22H22ClF2N3OS. The molecule has 1 fully saturated rings. The molecule has 30 heavy (non-hydrogen) atoms. The number of hydrogen-bond acceptors (Lipinski definition) is 4. The molecule has 0 unspecified atom stereocenters. The largest absolute Gasteiger partial charge is 0.354 e. The number of thioether (sulfide) groups is 1. The number of halogens is 3. The highest BCUT2D eigenvalue weighted by atomic mass is 35.5. The van der Waals surface area contributed by atoms with Crippen LogP contribution in [0.3, 0.4) is 0 Å². The Kier molecular flexibility index (Phi) is 6.41. The molecule has 2 aromatic carbocycles. The van der Waals surface area contributed by atoms with Gasteiger partial charge in [-0.15, -0.1) is 0 Å². The second kappa shape index (κ2) is 9.04. The Labute approximate surface area is 183 Å². The lowest BCUT2D eigenvalue weighted by Gasteiger charge is -2.16. The Morgan fingerprint density at radius 1 is 1.20 bits per heavy atom. The fraction of sp³-hybridized carbons (Fsp3) is 0.364. The summed E-state index contributed by atoms with van der Waals surface area (Å²) >= 11 is 8.00. The quantitative estimate of drug-likeness (QED) is 0.223. The van der Waals surface area contributed by atoms with Crippen molar-refractivity contribution in [2.45, 2.75) is 49.6 Å². The molecule has 0 aliphatic carbocycles. The number of ether oxygens (including phenoxy) is 1. The smallest absolute Gasteiger partial charge is 0.186 e. The molecule has 158 valence electrons. The topological polar surface area (TPSA) is 43.2 Å². The Morgan fingerprint density at radius 2 is 2.03 bits per heavy atom. The van der Waals surface area contributed by atoms with Crippen molar-refractivity contribution in [3.8, 4) is 0 Å². The fourth-order valence-electron chi connectivity index (χ4n) is 3.63. The number of hydrogen-bond donors (Lipinski definition) is 0. The molecule has 0 amide bonds.